The fourth-order valence-electron chi connectivity index (χ4n) is 4.85. The van der Waals surface area contributed by atoms with Crippen LogP contribution in [0.15, 0.2) is 46.4 Å². The van der Waals surface area contributed by atoms with E-state index in [1.807, 2.05) is 29.2 Å². The fourth-order valence-corrected chi connectivity index (χ4v) is 5.68. The van der Waals surface area contributed by atoms with Gasteiger partial charge in [0, 0.05) is 24.6 Å². The third kappa shape index (κ3) is 5.07. The molecule has 2 heterocycles. The summed E-state index contributed by atoms with van der Waals surface area (Å²) in [4.78, 5) is 2.34. The Labute approximate surface area is 202 Å². The highest BCUT2D eigenvalue weighted by molar-refractivity contribution is 7.82. The van der Waals surface area contributed by atoms with Crippen molar-refractivity contribution in [2.75, 3.05) is 26.2 Å². The van der Waals surface area contributed by atoms with E-state index in [9.17, 15) is 4.21 Å². The molecule has 2 fully saturated rings. The monoisotopic (exact) mass is 483 g/mol. The van der Waals surface area contributed by atoms with Crippen molar-refractivity contribution in [3.8, 4) is 11.1 Å². The number of hydrazine groups is 1. The normalized spacial score (nSPS) is 18.4. The first kappa shape index (κ1) is 24.1. The Hall–Kier alpha value is -2.99. The van der Waals surface area contributed by atoms with Gasteiger partial charge in [0.2, 0.25) is 0 Å². The van der Waals surface area contributed by atoms with Gasteiger partial charge in [0.1, 0.15) is 11.0 Å². The van der Waals surface area contributed by atoms with E-state index in [-0.39, 0.29) is 11.8 Å². The highest BCUT2D eigenvalue weighted by atomic mass is 32.2. The molecule has 2 aliphatic rings. The van der Waals surface area contributed by atoms with E-state index in [0.717, 1.165) is 62.1 Å². The standard InChI is InChI=1S/C23H33N9OS/c24-22(30-31-27)20-19(16-3-1-15(2-4-16)18-12-32(13-18)23(25)26)6-5-17(21(20)34(28)33)11-14-7-9-29-10-8-14/h1-6,14,18,29,31H,7-13,27-28H2,(H2,24,30)(H3,25,26). The summed E-state index contributed by atoms with van der Waals surface area (Å²) in [6, 6.07) is 12.2. The van der Waals surface area contributed by atoms with Crippen molar-refractivity contribution in [2.45, 2.75) is 30.1 Å². The van der Waals surface area contributed by atoms with Gasteiger partial charge in [0.05, 0.1) is 4.90 Å². The lowest BCUT2D eigenvalue weighted by atomic mass is 9.87. The van der Waals surface area contributed by atoms with E-state index >= 15 is 0 Å². The zero-order valence-electron chi connectivity index (χ0n) is 19.1. The van der Waals surface area contributed by atoms with E-state index in [1.165, 1.54) is 5.56 Å². The van der Waals surface area contributed by atoms with E-state index in [0.29, 0.717) is 22.3 Å². The molecule has 182 valence electrons. The topological polar surface area (TPSA) is 185 Å². The van der Waals surface area contributed by atoms with Gasteiger partial charge in [-0.15, -0.1) is 5.10 Å². The number of nitrogens with two attached hydrogens (primary N) is 4. The molecule has 0 spiro atoms. The first-order valence-electron chi connectivity index (χ1n) is 11.4. The minimum atomic E-state index is -1.76. The van der Waals surface area contributed by atoms with Gasteiger partial charge in [-0.3, -0.25) is 5.41 Å². The molecule has 4 rings (SSSR count). The average Bonchev–Trinajstić information content (AvgIpc) is 2.78. The van der Waals surface area contributed by atoms with Gasteiger partial charge in [0.25, 0.3) is 0 Å². The largest absolute Gasteiger partial charge is 0.382 e. The Morgan fingerprint density at radius 1 is 1.15 bits per heavy atom. The molecular weight excluding hydrogens is 450 g/mol. The Kier molecular flexibility index (Phi) is 7.47. The Morgan fingerprint density at radius 3 is 2.41 bits per heavy atom. The molecular formula is C23H33N9OS. The second kappa shape index (κ2) is 10.5. The lowest BCUT2D eigenvalue weighted by Gasteiger charge is -2.39. The summed E-state index contributed by atoms with van der Waals surface area (Å²) in [5, 5.41) is 20.9. The molecule has 0 aliphatic carbocycles. The third-order valence-electron chi connectivity index (χ3n) is 6.76. The lowest BCUT2D eigenvalue weighted by molar-refractivity contribution is 0.248. The van der Waals surface area contributed by atoms with Gasteiger partial charge in [-0.25, -0.2) is 20.7 Å². The molecule has 0 saturated carbocycles. The number of hydrogen-bond acceptors (Lipinski definition) is 6. The zero-order chi connectivity index (χ0) is 24.2. The summed E-state index contributed by atoms with van der Waals surface area (Å²) in [6.45, 7) is 3.44. The van der Waals surface area contributed by atoms with Crippen molar-refractivity contribution in [2.24, 2.45) is 33.5 Å². The van der Waals surface area contributed by atoms with Crippen LogP contribution in [0.3, 0.4) is 0 Å². The highest BCUT2D eigenvalue weighted by Crippen LogP contribution is 2.34. The smallest absolute Gasteiger partial charge is 0.188 e. The SMILES string of the molecule is N=C(N)N1CC(c2ccc(-c3ccc(CC4CCNCC4)c(S(N)=O)c3/C(N)=N/NN)cc2)C1. The molecule has 0 amide bonds. The molecule has 2 saturated heterocycles. The molecule has 0 bridgehead atoms. The molecule has 2 aliphatic heterocycles. The number of nitrogens with zero attached hydrogens (tertiary/aromatic N) is 2. The van der Waals surface area contributed by atoms with Crippen molar-refractivity contribution >= 4 is 22.8 Å². The van der Waals surface area contributed by atoms with Crippen LogP contribution in [0, 0.1) is 11.3 Å². The van der Waals surface area contributed by atoms with E-state index in [2.05, 4.69) is 28.1 Å². The predicted molar refractivity (Wildman–Crippen MR) is 136 cm³/mol. The van der Waals surface area contributed by atoms with Crippen molar-refractivity contribution in [3.05, 3.63) is 53.1 Å². The maximum Gasteiger partial charge on any atom is 0.188 e. The average molecular weight is 484 g/mol. The maximum absolute atomic E-state index is 12.8. The first-order valence-corrected chi connectivity index (χ1v) is 12.6. The summed E-state index contributed by atoms with van der Waals surface area (Å²) in [7, 11) is -1.76. The summed E-state index contributed by atoms with van der Waals surface area (Å²) in [6.07, 6.45) is 2.90. The van der Waals surface area contributed by atoms with Crippen molar-refractivity contribution in [1.82, 2.24) is 15.8 Å². The van der Waals surface area contributed by atoms with Gasteiger partial charge in [-0.05, 0) is 60.5 Å². The fraction of sp³-hybridized carbons (Fsp3) is 0.391. The number of nitrogens with one attached hydrogen (secondary N) is 3. The number of likely N-dealkylation sites (tertiary alicyclic amines) is 1. The summed E-state index contributed by atoms with van der Waals surface area (Å²) in [5.74, 6) is 6.49. The van der Waals surface area contributed by atoms with Crippen LogP contribution in [0.2, 0.25) is 0 Å². The quantitative estimate of drug-likeness (QED) is 0.127. The van der Waals surface area contributed by atoms with E-state index in [1.54, 1.807) is 0 Å². The molecule has 1 unspecified atom stereocenters. The maximum atomic E-state index is 12.8. The van der Waals surface area contributed by atoms with E-state index < -0.39 is 11.0 Å². The molecule has 10 nitrogen and oxygen atoms in total. The number of hydrazone groups is 1. The second-order valence-corrected chi connectivity index (χ2v) is 9.91. The van der Waals surface area contributed by atoms with E-state index in [4.69, 9.17) is 27.9 Å². The van der Waals surface area contributed by atoms with Gasteiger partial charge in [0.15, 0.2) is 11.8 Å². The van der Waals surface area contributed by atoms with Crippen LogP contribution in [-0.2, 0) is 17.4 Å². The lowest BCUT2D eigenvalue weighted by Crippen LogP contribution is -2.51. The number of benzene rings is 2. The third-order valence-corrected chi connectivity index (χ3v) is 7.63. The van der Waals surface area contributed by atoms with Crippen LogP contribution in [-0.4, -0.2) is 47.1 Å². The van der Waals surface area contributed by atoms with Crippen LogP contribution in [0.25, 0.3) is 11.1 Å². The molecule has 34 heavy (non-hydrogen) atoms. The zero-order valence-corrected chi connectivity index (χ0v) is 19.9. The van der Waals surface area contributed by atoms with Crippen LogP contribution < -0.4 is 33.3 Å². The number of guanidine groups is 1. The molecule has 0 aromatic heterocycles. The molecule has 2 aromatic rings. The summed E-state index contributed by atoms with van der Waals surface area (Å²) >= 11 is 0. The molecule has 1 atom stereocenters. The minimum Gasteiger partial charge on any atom is -0.382 e. The number of piperidine rings is 1. The van der Waals surface area contributed by atoms with Gasteiger partial charge in [-0.2, -0.15) is 0 Å². The highest BCUT2D eigenvalue weighted by Gasteiger charge is 2.29. The van der Waals surface area contributed by atoms with Crippen molar-refractivity contribution < 1.29 is 4.21 Å². The first-order chi connectivity index (χ1) is 16.4. The number of hydrogen-bond donors (Lipinski definition) is 7. The van der Waals surface area contributed by atoms with Gasteiger partial charge < -0.3 is 21.7 Å². The second-order valence-electron chi connectivity index (χ2n) is 8.91. The number of amidine groups is 1. The molecule has 11 N–H and O–H groups in total. The summed E-state index contributed by atoms with van der Waals surface area (Å²) in [5.41, 5.74) is 18.5. The summed E-state index contributed by atoms with van der Waals surface area (Å²) < 4.78 is 12.8. The predicted octanol–water partition coefficient (Wildman–Crippen LogP) is 0.253. The minimum absolute atomic E-state index is 0.104. The molecule has 0 radical (unpaired) electrons. The van der Waals surface area contributed by atoms with Crippen molar-refractivity contribution in [1.29, 1.82) is 5.41 Å². The van der Waals surface area contributed by atoms with Crippen molar-refractivity contribution in [3.63, 3.8) is 0 Å². The molecule has 2 aromatic carbocycles. The van der Waals surface area contributed by atoms with Crippen LogP contribution in [0.5, 0.6) is 0 Å². The molecule has 11 heteroatoms. The number of rotatable bonds is 7. The Balaban J connectivity index is 1.70. The van der Waals surface area contributed by atoms with Crippen LogP contribution >= 0.6 is 0 Å². The van der Waals surface area contributed by atoms with Crippen LogP contribution in [0.1, 0.15) is 35.4 Å². The van der Waals surface area contributed by atoms with Gasteiger partial charge in [-0.1, -0.05) is 36.4 Å². The van der Waals surface area contributed by atoms with Gasteiger partial charge >= 0.3 is 0 Å². The Morgan fingerprint density at radius 2 is 1.82 bits per heavy atom. The Bertz CT molecular complexity index is 1090. The van der Waals surface area contributed by atoms with Crippen LogP contribution in [0.4, 0.5) is 0 Å².